The second kappa shape index (κ2) is 5.15. The van der Waals surface area contributed by atoms with E-state index in [1.807, 2.05) is 4.90 Å². The zero-order valence-electron chi connectivity index (χ0n) is 10.0. The molecule has 0 aromatic rings. The monoisotopic (exact) mass is 226 g/mol. The van der Waals surface area contributed by atoms with Crippen molar-refractivity contribution in [3.63, 3.8) is 0 Å². The average Bonchev–Trinajstić information content (AvgIpc) is 2.27. The molecular formula is C12H22N2O2. The lowest BCUT2D eigenvalue weighted by Gasteiger charge is -2.37. The van der Waals surface area contributed by atoms with Crippen molar-refractivity contribution in [3.05, 3.63) is 0 Å². The van der Waals surface area contributed by atoms with Crippen molar-refractivity contribution < 1.29 is 9.53 Å². The number of rotatable bonds is 2. The van der Waals surface area contributed by atoms with Crippen molar-refractivity contribution in [1.82, 2.24) is 4.90 Å². The second-order valence-electron chi connectivity index (χ2n) is 5.20. The lowest BCUT2D eigenvalue weighted by atomic mass is 9.91. The third kappa shape index (κ3) is 2.74. The molecule has 0 aliphatic carbocycles. The van der Waals surface area contributed by atoms with Crippen LogP contribution in [0, 0.1) is 11.8 Å². The highest BCUT2D eigenvalue weighted by atomic mass is 16.5. The van der Waals surface area contributed by atoms with Crippen LogP contribution in [0.4, 0.5) is 0 Å². The molecule has 2 unspecified atom stereocenters. The molecule has 4 heteroatoms. The first-order valence-electron chi connectivity index (χ1n) is 6.28. The van der Waals surface area contributed by atoms with E-state index >= 15 is 0 Å². The van der Waals surface area contributed by atoms with Gasteiger partial charge in [-0.1, -0.05) is 6.92 Å². The number of ether oxygens (including phenoxy) is 1. The second-order valence-corrected chi connectivity index (χ2v) is 5.20. The standard InChI is InChI=1S/C12H22N2O2/c1-9-6-12(15)14(8-11(9)13)7-10-2-4-16-5-3-10/h9-11H,2-8,13H2,1H3. The topological polar surface area (TPSA) is 55.6 Å². The van der Waals surface area contributed by atoms with Gasteiger partial charge in [-0.2, -0.15) is 0 Å². The summed E-state index contributed by atoms with van der Waals surface area (Å²) in [5, 5.41) is 0. The molecule has 16 heavy (non-hydrogen) atoms. The van der Waals surface area contributed by atoms with Gasteiger partial charge in [0, 0.05) is 38.8 Å². The first-order valence-corrected chi connectivity index (χ1v) is 6.28. The van der Waals surface area contributed by atoms with Crippen molar-refractivity contribution in [1.29, 1.82) is 0 Å². The molecule has 2 N–H and O–H groups in total. The van der Waals surface area contributed by atoms with Gasteiger partial charge in [0.2, 0.25) is 5.91 Å². The number of likely N-dealkylation sites (tertiary alicyclic amines) is 1. The molecule has 0 aromatic heterocycles. The largest absolute Gasteiger partial charge is 0.381 e. The Kier molecular flexibility index (Phi) is 3.82. The van der Waals surface area contributed by atoms with Crippen LogP contribution in [-0.2, 0) is 9.53 Å². The smallest absolute Gasteiger partial charge is 0.222 e. The highest BCUT2D eigenvalue weighted by Gasteiger charge is 2.30. The van der Waals surface area contributed by atoms with E-state index in [1.54, 1.807) is 0 Å². The van der Waals surface area contributed by atoms with E-state index in [1.165, 1.54) is 0 Å². The number of piperidine rings is 1. The minimum atomic E-state index is 0.151. The minimum Gasteiger partial charge on any atom is -0.381 e. The Hall–Kier alpha value is -0.610. The Balaban J connectivity index is 1.86. The third-order valence-electron chi connectivity index (χ3n) is 3.83. The Bertz CT molecular complexity index is 251. The summed E-state index contributed by atoms with van der Waals surface area (Å²) in [5.74, 6) is 1.22. The summed E-state index contributed by atoms with van der Waals surface area (Å²) >= 11 is 0. The SMILES string of the molecule is CC1CC(=O)N(CC2CCOCC2)CC1N. The molecular weight excluding hydrogens is 204 g/mol. The molecule has 2 aliphatic rings. The predicted molar refractivity (Wildman–Crippen MR) is 61.9 cm³/mol. The van der Waals surface area contributed by atoms with Gasteiger partial charge < -0.3 is 15.4 Å². The summed E-state index contributed by atoms with van der Waals surface area (Å²) in [6.07, 6.45) is 2.77. The van der Waals surface area contributed by atoms with Crippen LogP contribution >= 0.6 is 0 Å². The van der Waals surface area contributed by atoms with Crippen LogP contribution in [0.25, 0.3) is 0 Å². The highest BCUT2D eigenvalue weighted by Crippen LogP contribution is 2.21. The van der Waals surface area contributed by atoms with Gasteiger partial charge in [-0.25, -0.2) is 0 Å². The van der Waals surface area contributed by atoms with Crippen LogP contribution in [0.1, 0.15) is 26.2 Å². The van der Waals surface area contributed by atoms with E-state index < -0.39 is 0 Å². The maximum Gasteiger partial charge on any atom is 0.222 e. The number of hydrogen-bond donors (Lipinski definition) is 1. The van der Waals surface area contributed by atoms with Crippen LogP contribution in [0.5, 0.6) is 0 Å². The van der Waals surface area contributed by atoms with Crippen molar-refractivity contribution >= 4 is 5.91 Å². The Morgan fingerprint density at radius 1 is 1.44 bits per heavy atom. The van der Waals surface area contributed by atoms with Crippen molar-refractivity contribution in [3.8, 4) is 0 Å². The third-order valence-corrected chi connectivity index (χ3v) is 3.83. The van der Waals surface area contributed by atoms with Gasteiger partial charge in [0.15, 0.2) is 0 Å². The van der Waals surface area contributed by atoms with Crippen molar-refractivity contribution in [2.24, 2.45) is 17.6 Å². The lowest BCUT2D eigenvalue weighted by molar-refractivity contribution is -0.136. The number of carbonyl (C=O) groups is 1. The summed E-state index contributed by atoms with van der Waals surface area (Å²) < 4.78 is 5.33. The molecule has 2 aliphatic heterocycles. The highest BCUT2D eigenvalue weighted by molar-refractivity contribution is 5.77. The van der Waals surface area contributed by atoms with Crippen LogP contribution < -0.4 is 5.73 Å². The van der Waals surface area contributed by atoms with E-state index in [-0.39, 0.29) is 11.9 Å². The summed E-state index contributed by atoms with van der Waals surface area (Å²) in [7, 11) is 0. The quantitative estimate of drug-likeness (QED) is 0.750. The van der Waals surface area contributed by atoms with Gasteiger partial charge in [-0.05, 0) is 24.7 Å². The molecule has 0 spiro atoms. The maximum atomic E-state index is 11.9. The van der Waals surface area contributed by atoms with Gasteiger partial charge in [-0.15, -0.1) is 0 Å². The number of carbonyl (C=O) groups excluding carboxylic acids is 1. The van der Waals surface area contributed by atoms with Gasteiger partial charge in [-0.3, -0.25) is 4.79 Å². The normalized spacial score (nSPS) is 33.1. The molecule has 0 aromatic carbocycles. The molecule has 0 bridgehead atoms. The van der Waals surface area contributed by atoms with Gasteiger partial charge >= 0.3 is 0 Å². The fourth-order valence-electron chi connectivity index (χ4n) is 2.51. The first-order chi connectivity index (χ1) is 7.66. The number of amides is 1. The minimum absolute atomic E-state index is 0.151. The van der Waals surface area contributed by atoms with E-state index in [4.69, 9.17) is 10.5 Å². The molecule has 2 atom stereocenters. The summed E-state index contributed by atoms with van der Waals surface area (Å²) in [4.78, 5) is 13.8. The molecule has 2 saturated heterocycles. The Labute approximate surface area is 97.1 Å². The number of nitrogens with zero attached hydrogens (tertiary/aromatic N) is 1. The van der Waals surface area contributed by atoms with Crippen LogP contribution in [0.2, 0.25) is 0 Å². The van der Waals surface area contributed by atoms with Gasteiger partial charge in [0.25, 0.3) is 0 Å². The van der Waals surface area contributed by atoms with Crippen molar-refractivity contribution in [2.45, 2.75) is 32.2 Å². The predicted octanol–water partition coefficient (Wildman–Crippen LogP) is 0.609. The average molecular weight is 226 g/mol. The zero-order valence-corrected chi connectivity index (χ0v) is 10.0. The Morgan fingerprint density at radius 2 is 2.12 bits per heavy atom. The molecule has 2 fully saturated rings. The zero-order chi connectivity index (χ0) is 11.5. The molecule has 2 rings (SSSR count). The first kappa shape index (κ1) is 11.9. The summed E-state index contributed by atoms with van der Waals surface area (Å²) in [6.45, 7) is 5.36. The molecule has 1 amide bonds. The fraction of sp³-hybridized carbons (Fsp3) is 0.917. The van der Waals surface area contributed by atoms with Crippen molar-refractivity contribution in [2.75, 3.05) is 26.3 Å². The number of hydrogen-bond acceptors (Lipinski definition) is 3. The van der Waals surface area contributed by atoms with Gasteiger partial charge in [0.05, 0.1) is 0 Å². The van der Waals surface area contributed by atoms with E-state index in [9.17, 15) is 4.79 Å². The van der Waals surface area contributed by atoms with E-state index in [0.29, 0.717) is 18.3 Å². The molecule has 0 saturated carbocycles. The fourth-order valence-corrected chi connectivity index (χ4v) is 2.51. The lowest BCUT2D eigenvalue weighted by Crippen LogP contribution is -2.52. The summed E-state index contributed by atoms with van der Waals surface area (Å²) in [6, 6.07) is 0.151. The maximum absolute atomic E-state index is 11.9. The van der Waals surface area contributed by atoms with E-state index in [2.05, 4.69) is 6.92 Å². The summed E-state index contributed by atoms with van der Waals surface area (Å²) in [5.41, 5.74) is 6.02. The van der Waals surface area contributed by atoms with Crippen LogP contribution in [0.3, 0.4) is 0 Å². The molecule has 4 nitrogen and oxygen atoms in total. The van der Waals surface area contributed by atoms with Gasteiger partial charge in [0.1, 0.15) is 0 Å². The Morgan fingerprint density at radius 3 is 2.81 bits per heavy atom. The van der Waals surface area contributed by atoms with Crippen LogP contribution in [0.15, 0.2) is 0 Å². The van der Waals surface area contributed by atoms with E-state index in [0.717, 1.165) is 39.1 Å². The molecule has 92 valence electrons. The van der Waals surface area contributed by atoms with Crippen LogP contribution in [-0.4, -0.2) is 43.2 Å². The number of nitrogens with two attached hydrogens (primary N) is 1. The molecule has 2 heterocycles. The molecule has 0 radical (unpaired) electrons.